The lowest BCUT2D eigenvalue weighted by atomic mass is 10.1. The van der Waals surface area contributed by atoms with Gasteiger partial charge in [0.2, 0.25) is 0 Å². The summed E-state index contributed by atoms with van der Waals surface area (Å²) in [5.74, 6) is 0.619. The van der Waals surface area contributed by atoms with Crippen LogP contribution >= 0.6 is 11.6 Å². The molecule has 3 heteroatoms. The smallest absolute Gasteiger partial charge is 0.138 e. The number of aliphatic hydroxyl groups is 1. The highest BCUT2D eigenvalue weighted by molar-refractivity contribution is 6.32. The Labute approximate surface area is 124 Å². The van der Waals surface area contributed by atoms with Gasteiger partial charge in [-0.15, -0.1) is 0 Å². The van der Waals surface area contributed by atoms with E-state index < -0.39 is 6.10 Å². The summed E-state index contributed by atoms with van der Waals surface area (Å²) in [6.07, 6.45) is 3.41. The predicted molar refractivity (Wildman–Crippen MR) is 83.1 cm³/mol. The third-order valence-electron chi connectivity index (χ3n) is 2.88. The highest BCUT2D eigenvalue weighted by Gasteiger charge is 2.05. The molecule has 0 spiro atoms. The Kier molecular flexibility index (Phi) is 5.22. The molecule has 2 aromatic carbocycles. The molecule has 0 aliphatic heterocycles. The number of ether oxygens (including phenoxy) is 1. The van der Waals surface area contributed by atoms with Crippen LogP contribution in [-0.4, -0.2) is 11.7 Å². The molecule has 0 aliphatic carbocycles. The molecule has 2 nitrogen and oxygen atoms in total. The molecule has 0 radical (unpaired) electrons. The number of hydrogen-bond donors (Lipinski definition) is 1. The van der Waals surface area contributed by atoms with Crippen molar-refractivity contribution in [3.8, 4) is 5.75 Å². The van der Waals surface area contributed by atoms with E-state index in [1.807, 2.05) is 48.6 Å². The first-order valence-electron chi connectivity index (χ1n) is 6.48. The maximum Gasteiger partial charge on any atom is 0.138 e. The number of rotatable bonds is 5. The lowest BCUT2D eigenvalue weighted by Crippen LogP contribution is -1.96. The second-order valence-corrected chi connectivity index (χ2v) is 4.90. The van der Waals surface area contributed by atoms with E-state index in [1.165, 1.54) is 0 Å². The fourth-order valence-electron chi connectivity index (χ4n) is 1.78. The molecule has 0 amide bonds. The molecular formula is C17H17ClO2. The SMILES string of the molecule is C[C@@H](O)c1ccc(OC/C=C/c2ccccc2)c(Cl)c1. The zero-order chi connectivity index (χ0) is 14.4. The van der Waals surface area contributed by atoms with E-state index >= 15 is 0 Å². The number of halogens is 1. The summed E-state index contributed by atoms with van der Waals surface area (Å²) in [5.41, 5.74) is 1.91. The first-order chi connectivity index (χ1) is 9.66. The van der Waals surface area contributed by atoms with Crippen LogP contribution < -0.4 is 4.74 Å². The standard InChI is InChI=1S/C17H17ClO2/c1-13(19)15-9-10-17(16(18)12-15)20-11-5-8-14-6-3-2-4-7-14/h2-10,12-13,19H,11H2,1H3/b8-5+/t13-/m1/s1. The third kappa shape index (κ3) is 4.12. The van der Waals surface area contributed by atoms with Crippen molar-refractivity contribution in [2.24, 2.45) is 0 Å². The molecule has 2 aromatic rings. The Balaban J connectivity index is 1.93. The van der Waals surface area contributed by atoms with E-state index in [9.17, 15) is 5.11 Å². The highest BCUT2D eigenvalue weighted by Crippen LogP contribution is 2.27. The molecule has 20 heavy (non-hydrogen) atoms. The van der Waals surface area contributed by atoms with Gasteiger partial charge in [-0.25, -0.2) is 0 Å². The Morgan fingerprint density at radius 3 is 2.60 bits per heavy atom. The number of aliphatic hydroxyl groups excluding tert-OH is 1. The molecule has 0 saturated carbocycles. The molecule has 0 aromatic heterocycles. The van der Waals surface area contributed by atoms with Crippen LogP contribution in [0.15, 0.2) is 54.6 Å². The summed E-state index contributed by atoms with van der Waals surface area (Å²) in [7, 11) is 0. The zero-order valence-corrected chi connectivity index (χ0v) is 12.0. The Morgan fingerprint density at radius 2 is 1.95 bits per heavy atom. The maximum atomic E-state index is 9.47. The van der Waals surface area contributed by atoms with Crippen molar-refractivity contribution >= 4 is 17.7 Å². The van der Waals surface area contributed by atoms with Gasteiger partial charge in [0.25, 0.3) is 0 Å². The first kappa shape index (κ1) is 14.6. The minimum absolute atomic E-state index is 0.447. The lowest BCUT2D eigenvalue weighted by molar-refractivity contribution is 0.199. The minimum Gasteiger partial charge on any atom is -0.488 e. The molecule has 104 valence electrons. The van der Waals surface area contributed by atoms with Crippen LogP contribution in [0.4, 0.5) is 0 Å². The van der Waals surface area contributed by atoms with Gasteiger partial charge < -0.3 is 9.84 Å². The van der Waals surface area contributed by atoms with Crippen molar-refractivity contribution in [3.05, 3.63) is 70.8 Å². The molecule has 1 atom stereocenters. The molecule has 0 unspecified atom stereocenters. The average molecular weight is 289 g/mol. The monoisotopic (exact) mass is 288 g/mol. The van der Waals surface area contributed by atoms with Gasteiger partial charge in [0.05, 0.1) is 11.1 Å². The summed E-state index contributed by atoms with van der Waals surface area (Å²) >= 11 is 6.11. The maximum absolute atomic E-state index is 9.47. The van der Waals surface area contributed by atoms with Gasteiger partial charge >= 0.3 is 0 Å². The average Bonchev–Trinajstić information content (AvgIpc) is 2.46. The van der Waals surface area contributed by atoms with Crippen LogP contribution in [0.2, 0.25) is 5.02 Å². The highest BCUT2D eigenvalue weighted by atomic mass is 35.5. The predicted octanol–water partition coefficient (Wildman–Crippen LogP) is 4.49. The summed E-state index contributed by atoms with van der Waals surface area (Å²) < 4.78 is 5.59. The molecule has 1 N–H and O–H groups in total. The molecule has 2 rings (SSSR count). The number of hydrogen-bond acceptors (Lipinski definition) is 2. The van der Waals surface area contributed by atoms with Crippen LogP contribution in [0, 0.1) is 0 Å². The Hall–Kier alpha value is -1.77. The van der Waals surface area contributed by atoms with Gasteiger partial charge in [0.15, 0.2) is 0 Å². The normalized spacial score (nSPS) is 12.6. The fourth-order valence-corrected chi connectivity index (χ4v) is 2.02. The van der Waals surface area contributed by atoms with Crippen molar-refractivity contribution in [1.29, 1.82) is 0 Å². The van der Waals surface area contributed by atoms with E-state index in [2.05, 4.69) is 0 Å². The summed E-state index contributed by atoms with van der Waals surface area (Å²) in [4.78, 5) is 0. The van der Waals surface area contributed by atoms with Crippen molar-refractivity contribution in [1.82, 2.24) is 0 Å². The van der Waals surface area contributed by atoms with E-state index in [-0.39, 0.29) is 0 Å². The molecule has 0 saturated heterocycles. The number of benzene rings is 2. The molecular weight excluding hydrogens is 272 g/mol. The van der Waals surface area contributed by atoms with E-state index in [1.54, 1.807) is 19.1 Å². The van der Waals surface area contributed by atoms with Gasteiger partial charge in [-0.1, -0.05) is 54.1 Å². The third-order valence-corrected chi connectivity index (χ3v) is 3.18. The molecule has 0 heterocycles. The van der Waals surface area contributed by atoms with Crippen LogP contribution in [0.1, 0.15) is 24.2 Å². The fraction of sp³-hybridized carbons (Fsp3) is 0.176. The lowest BCUT2D eigenvalue weighted by Gasteiger charge is -2.09. The van der Waals surface area contributed by atoms with Crippen molar-refractivity contribution in [2.45, 2.75) is 13.0 Å². The van der Waals surface area contributed by atoms with Gasteiger partial charge in [-0.3, -0.25) is 0 Å². The van der Waals surface area contributed by atoms with Crippen LogP contribution in [0.25, 0.3) is 6.08 Å². The Bertz CT molecular complexity index is 577. The van der Waals surface area contributed by atoms with Crippen molar-refractivity contribution in [2.75, 3.05) is 6.61 Å². The van der Waals surface area contributed by atoms with E-state index in [4.69, 9.17) is 16.3 Å². The molecule has 0 bridgehead atoms. The van der Waals surface area contributed by atoms with Crippen LogP contribution in [0.3, 0.4) is 0 Å². The summed E-state index contributed by atoms with van der Waals surface area (Å²) in [5, 5.41) is 9.98. The first-order valence-corrected chi connectivity index (χ1v) is 6.86. The largest absolute Gasteiger partial charge is 0.488 e. The molecule has 0 fully saturated rings. The van der Waals surface area contributed by atoms with Gasteiger partial charge in [-0.05, 0) is 36.3 Å². The van der Waals surface area contributed by atoms with E-state index in [0.717, 1.165) is 11.1 Å². The molecule has 0 aliphatic rings. The topological polar surface area (TPSA) is 29.5 Å². The zero-order valence-electron chi connectivity index (χ0n) is 11.3. The second kappa shape index (κ2) is 7.13. The summed E-state index contributed by atoms with van der Waals surface area (Å²) in [6.45, 7) is 2.15. The van der Waals surface area contributed by atoms with Gasteiger partial charge in [0, 0.05) is 0 Å². The van der Waals surface area contributed by atoms with Crippen LogP contribution in [-0.2, 0) is 0 Å². The van der Waals surface area contributed by atoms with Gasteiger partial charge in [0.1, 0.15) is 12.4 Å². The van der Waals surface area contributed by atoms with E-state index in [0.29, 0.717) is 17.4 Å². The van der Waals surface area contributed by atoms with Crippen LogP contribution in [0.5, 0.6) is 5.75 Å². The Morgan fingerprint density at radius 1 is 1.20 bits per heavy atom. The van der Waals surface area contributed by atoms with Crippen molar-refractivity contribution < 1.29 is 9.84 Å². The van der Waals surface area contributed by atoms with Gasteiger partial charge in [-0.2, -0.15) is 0 Å². The second-order valence-electron chi connectivity index (χ2n) is 4.49. The summed E-state index contributed by atoms with van der Waals surface area (Å²) in [6, 6.07) is 15.3. The minimum atomic E-state index is -0.528. The quantitative estimate of drug-likeness (QED) is 0.878. The van der Waals surface area contributed by atoms with Crippen molar-refractivity contribution in [3.63, 3.8) is 0 Å².